The molecule has 0 heterocycles. The van der Waals surface area contributed by atoms with Gasteiger partial charge < -0.3 is 0 Å². The summed E-state index contributed by atoms with van der Waals surface area (Å²) >= 11 is 2.04. The number of hydrogen-bond donors (Lipinski definition) is 0. The second-order valence-corrected chi connectivity index (χ2v) is 6.76. The Labute approximate surface area is 70.6 Å². The van der Waals surface area contributed by atoms with E-state index in [0.717, 1.165) is 0 Å². The van der Waals surface area contributed by atoms with Gasteiger partial charge in [-0.25, -0.2) is 0 Å². The van der Waals surface area contributed by atoms with Gasteiger partial charge in [0.15, 0.2) is 0 Å². The molecule has 0 aliphatic rings. The standard InChI is InChI=1S/C8H19BS/c1-7(2,3)10-6-8(4,5)9/h6,9H2,1-5H3. The molecule has 0 saturated carbocycles. The molecule has 60 valence electrons. The van der Waals surface area contributed by atoms with E-state index in [1.54, 1.807) is 0 Å². The highest BCUT2D eigenvalue weighted by molar-refractivity contribution is 8.00. The first-order valence-corrected chi connectivity index (χ1v) is 4.83. The van der Waals surface area contributed by atoms with Gasteiger partial charge in [0.2, 0.25) is 0 Å². The van der Waals surface area contributed by atoms with Gasteiger partial charge in [-0.3, -0.25) is 0 Å². The molecule has 0 atom stereocenters. The second-order valence-electron chi connectivity index (χ2n) is 4.96. The fraction of sp³-hybridized carbons (Fsp3) is 1.00. The first kappa shape index (κ1) is 10.4. The molecule has 0 saturated heterocycles. The van der Waals surface area contributed by atoms with E-state index in [4.69, 9.17) is 0 Å². The van der Waals surface area contributed by atoms with Crippen LogP contribution in [0.15, 0.2) is 0 Å². The van der Waals surface area contributed by atoms with E-state index < -0.39 is 0 Å². The lowest BCUT2D eigenvalue weighted by molar-refractivity contribution is 0.754. The molecule has 0 N–H and O–H groups in total. The van der Waals surface area contributed by atoms with E-state index in [1.807, 2.05) is 11.8 Å². The summed E-state index contributed by atoms with van der Waals surface area (Å²) in [5, 5.41) is 0.470. The largest absolute Gasteiger partial charge is 0.156 e. The Morgan fingerprint density at radius 3 is 1.60 bits per heavy atom. The minimum atomic E-state index is 0.424. The van der Waals surface area contributed by atoms with Crippen molar-refractivity contribution in [2.45, 2.75) is 44.7 Å². The molecule has 0 nitrogen and oxygen atoms in total. The molecule has 2 heteroatoms. The number of rotatable bonds is 2. The Morgan fingerprint density at radius 1 is 1.10 bits per heavy atom. The molecule has 0 aliphatic heterocycles. The predicted molar refractivity (Wildman–Crippen MR) is 54.8 cm³/mol. The van der Waals surface area contributed by atoms with Crippen LogP contribution in [-0.2, 0) is 0 Å². The molecule has 0 bridgehead atoms. The summed E-state index contributed by atoms with van der Waals surface area (Å²) in [5.41, 5.74) is 0. The van der Waals surface area contributed by atoms with Gasteiger partial charge in [0.25, 0.3) is 0 Å². The summed E-state index contributed by atoms with van der Waals surface area (Å²) in [6.45, 7) is 11.4. The number of hydrogen-bond acceptors (Lipinski definition) is 1. The third-order valence-electron chi connectivity index (χ3n) is 0.938. The maximum atomic E-state index is 2.28. The van der Waals surface area contributed by atoms with Crippen molar-refractivity contribution < 1.29 is 0 Å². The minimum Gasteiger partial charge on any atom is -0.156 e. The SMILES string of the molecule is BC(C)(C)CSC(C)(C)C. The van der Waals surface area contributed by atoms with E-state index in [0.29, 0.717) is 10.1 Å². The van der Waals surface area contributed by atoms with E-state index in [2.05, 4.69) is 42.5 Å². The Balaban J connectivity index is 3.56. The van der Waals surface area contributed by atoms with E-state index in [-0.39, 0.29) is 0 Å². The fourth-order valence-corrected chi connectivity index (χ4v) is 1.30. The first-order chi connectivity index (χ1) is 4.21. The van der Waals surface area contributed by atoms with Crippen LogP contribution in [0.1, 0.15) is 34.6 Å². The van der Waals surface area contributed by atoms with Crippen molar-refractivity contribution in [2.75, 3.05) is 5.75 Å². The number of thioether (sulfide) groups is 1. The van der Waals surface area contributed by atoms with Gasteiger partial charge in [-0.05, 0) is 5.75 Å². The van der Waals surface area contributed by atoms with E-state index >= 15 is 0 Å². The molecule has 0 amide bonds. The van der Waals surface area contributed by atoms with Gasteiger partial charge in [0.05, 0.1) is 0 Å². The van der Waals surface area contributed by atoms with Crippen LogP contribution >= 0.6 is 11.8 Å². The second kappa shape index (κ2) is 3.21. The summed E-state index contributed by atoms with van der Waals surface area (Å²) < 4.78 is 0.424. The van der Waals surface area contributed by atoms with Gasteiger partial charge in [-0.15, -0.1) is 0 Å². The van der Waals surface area contributed by atoms with Crippen LogP contribution in [0.3, 0.4) is 0 Å². The third kappa shape index (κ3) is 8.41. The Morgan fingerprint density at radius 2 is 1.50 bits per heavy atom. The van der Waals surface area contributed by atoms with Gasteiger partial charge in [-0.1, -0.05) is 39.9 Å². The molecule has 0 aromatic rings. The average molecular weight is 158 g/mol. The lowest BCUT2D eigenvalue weighted by atomic mass is 9.74. The van der Waals surface area contributed by atoms with Crippen LogP contribution in [0.5, 0.6) is 0 Å². The van der Waals surface area contributed by atoms with Crippen molar-refractivity contribution in [3.63, 3.8) is 0 Å². The van der Waals surface area contributed by atoms with Crippen molar-refractivity contribution in [1.82, 2.24) is 0 Å². The zero-order valence-corrected chi connectivity index (χ0v) is 8.93. The molecule has 0 aliphatic carbocycles. The minimum absolute atomic E-state index is 0.424. The van der Waals surface area contributed by atoms with Gasteiger partial charge in [0, 0.05) is 4.75 Å². The third-order valence-corrected chi connectivity index (χ3v) is 2.81. The average Bonchev–Trinajstić information content (AvgIpc) is 1.57. The summed E-state index contributed by atoms with van der Waals surface area (Å²) in [4.78, 5) is 0. The van der Waals surface area contributed by atoms with Crippen molar-refractivity contribution in [1.29, 1.82) is 0 Å². The lowest BCUT2D eigenvalue weighted by Crippen LogP contribution is -2.14. The highest BCUT2D eigenvalue weighted by Crippen LogP contribution is 2.32. The predicted octanol–water partition coefficient (Wildman–Crippen LogP) is 2.35. The molecule has 10 heavy (non-hydrogen) atoms. The normalized spacial score (nSPS) is 13.7. The van der Waals surface area contributed by atoms with E-state index in [1.165, 1.54) is 5.75 Å². The van der Waals surface area contributed by atoms with Crippen LogP contribution in [0, 0.1) is 0 Å². The molecular formula is C8H19BS. The summed E-state index contributed by atoms with van der Waals surface area (Å²) in [7, 11) is 2.28. The molecule has 0 aromatic carbocycles. The lowest BCUT2D eigenvalue weighted by Gasteiger charge is -2.24. The summed E-state index contributed by atoms with van der Waals surface area (Å²) in [6.07, 6.45) is 0. The maximum absolute atomic E-state index is 2.28. The van der Waals surface area contributed by atoms with Crippen molar-refractivity contribution >= 4 is 19.6 Å². The zero-order valence-electron chi connectivity index (χ0n) is 8.12. The monoisotopic (exact) mass is 158 g/mol. The molecular weight excluding hydrogens is 139 g/mol. The van der Waals surface area contributed by atoms with Crippen molar-refractivity contribution in [3.8, 4) is 0 Å². The molecule has 0 spiro atoms. The van der Waals surface area contributed by atoms with Crippen LogP contribution in [0.25, 0.3) is 0 Å². The quantitative estimate of drug-likeness (QED) is 0.556. The maximum Gasteiger partial charge on any atom is 0.109 e. The topological polar surface area (TPSA) is 0 Å². The van der Waals surface area contributed by atoms with Crippen molar-refractivity contribution in [3.05, 3.63) is 0 Å². The Bertz CT molecular complexity index is 82.8. The van der Waals surface area contributed by atoms with Crippen LogP contribution in [0.4, 0.5) is 0 Å². The molecule has 0 radical (unpaired) electrons. The highest BCUT2D eigenvalue weighted by Gasteiger charge is 2.16. The van der Waals surface area contributed by atoms with Crippen LogP contribution in [0.2, 0.25) is 5.31 Å². The van der Waals surface area contributed by atoms with Crippen molar-refractivity contribution in [2.24, 2.45) is 0 Å². The van der Waals surface area contributed by atoms with Crippen LogP contribution < -0.4 is 0 Å². The zero-order chi connectivity index (χ0) is 8.41. The Kier molecular flexibility index (Phi) is 3.34. The van der Waals surface area contributed by atoms with Gasteiger partial charge in [0.1, 0.15) is 7.85 Å². The molecule has 0 rings (SSSR count). The Hall–Kier alpha value is 0.415. The molecule has 0 unspecified atom stereocenters. The summed E-state index contributed by atoms with van der Waals surface area (Å²) in [5.74, 6) is 1.25. The highest BCUT2D eigenvalue weighted by atomic mass is 32.2. The molecule has 0 aromatic heterocycles. The van der Waals surface area contributed by atoms with Gasteiger partial charge in [-0.2, -0.15) is 11.8 Å². The van der Waals surface area contributed by atoms with E-state index in [9.17, 15) is 0 Å². The summed E-state index contributed by atoms with van der Waals surface area (Å²) in [6, 6.07) is 0. The van der Waals surface area contributed by atoms with Gasteiger partial charge >= 0.3 is 0 Å². The van der Waals surface area contributed by atoms with Crippen LogP contribution in [-0.4, -0.2) is 18.3 Å². The molecule has 0 fully saturated rings. The first-order valence-electron chi connectivity index (χ1n) is 3.85. The smallest absolute Gasteiger partial charge is 0.109 e. The fourth-order valence-electron chi connectivity index (χ4n) is 0.433.